The van der Waals surface area contributed by atoms with E-state index in [1.54, 1.807) is 0 Å². The first-order valence-electron chi connectivity index (χ1n) is 7.31. The Labute approximate surface area is 128 Å². The van der Waals surface area contributed by atoms with Gasteiger partial charge < -0.3 is 15.8 Å². The average molecular weight is 305 g/mol. The minimum atomic E-state index is -0.666. The third-order valence-corrected chi connectivity index (χ3v) is 4.06. The molecule has 0 unspecified atom stereocenters. The zero-order valence-corrected chi connectivity index (χ0v) is 12.4. The van der Waals surface area contributed by atoms with Crippen LogP contribution in [0.3, 0.4) is 0 Å². The van der Waals surface area contributed by atoms with Crippen molar-refractivity contribution in [3.63, 3.8) is 0 Å². The number of hydrogen-bond donors (Lipinski definition) is 2. The second kappa shape index (κ2) is 5.98. The van der Waals surface area contributed by atoms with Gasteiger partial charge in [-0.3, -0.25) is 14.5 Å². The SMILES string of the molecule is C[C@H]1CN2C[C@@H](NC(=O)c3cnc(C(N)=O)cn3)C[C@H]2CO1. The number of primary amides is 1. The lowest BCUT2D eigenvalue weighted by Gasteiger charge is -2.33. The van der Waals surface area contributed by atoms with Crippen LogP contribution in [0.5, 0.6) is 0 Å². The molecule has 0 aliphatic carbocycles. The molecule has 0 spiro atoms. The van der Waals surface area contributed by atoms with E-state index in [9.17, 15) is 9.59 Å². The van der Waals surface area contributed by atoms with Gasteiger partial charge in [-0.1, -0.05) is 0 Å². The van der Waals surface area contributed by atoms with Gasteiger partial charge in [0.15, 0.2) is 0 Å². The molecule has 3 heterocycles. The van der Waals surface area contributed by atoms with Crippen LogP contribution in [0, 0.1) is 0 Å². The lowest BCUT2D eigenvalue weighted by Crippen LogP contribution is -2.45. The fourth-order valence-corrected chi connectivity index (χ4v) is 2.98. The molecule has 1 aromatic rings. The number of aromatic nitrogens is 2. The molecule has 8 heteroatoms. The summed E-state index contributed by atoms with van der Waals surface area (Å²) in [6.07, 6.45) is 3.58. The second-order valence-electron chi connectivity index (χ2n) is 5.81. The molecule has 2 aliphatic rings. The lowest BCUT2D eigenvalue weighted by atomic mass is 10.1. The molecule has 3 atom stereocenters. The van der Waals surface area contributed by atoms with E-state index >= 15 is 0 Å². The fraction of sp³-hybridized carbons (Fsp3) is 0.571. The van der Waals surface area contributed by atoms with Crippen molar-refractivity contribution < 1.29 is 14.3 Å². The Kier molecular flexibility index (Phi) is 4.04. The van der Waals surface area contributed by atoms with Gasteiger partial charge in [0, 0.05) is 25.2 Å². The minimum Gasteiger partial charge on any atom is -0.376 e. The largest absolute Gasteiger partial charge is 0.376 e. The molecule has 2 aliphatic heterocycles. The Bertz CT molecular complexity index is 576. The summed E-state index contributed by atoms with van der Waals surface area (Å²) in [5, 5.41) is 2.96. The third kappa shape index (κ3) is 3.07. The monoisotopic (exact) mass is 305 g/mol. The van der Waals surface area contributed by atoms with Crippen LogP contribution >= 0.6 is 0 Å². The molecule has 118 valence electrons. The van der Waals surface area contributed by atoms with Crippen molar-refractivity contribution in [1.82, 2.24) is 20.2 Å². The first-order chi connectivity index (χ1) is 10.5. The van der Waals surface area contributed by atoms with Crippen LogP contribution in [0.15, 0.2) is 12.4 Å². The Morgan fingerprint density at radius 1 is 1.32 bits per heavy atom. The molecule has 2 fully saturated rings. The molecular weight excluding hydrogens is 286 g/mol. The average Bonchev–Trinajstić information content (AvgIpc) is 2.88. The first kappa shape index (κ1) is 14.9. The van der Waals surface area contributed by atoms with E-state index < -0.39 is 5.91 Å². The van der Waals surface area contributed by atoms with Crippen LogP contribution in [0.1, 0.15) is 34.3 Å². The second-order valence-corrected chi connectivity index (χ2v) is 5.81. The molecule has 0 bridgehead atoms. The van der Waals surface area contributed by atoms with Gasteiger partial charge >= 0.3 is 0 Å². The molecule has 0 saturated carbocycles. The Morgan fingerprint density at radius 2 is 2.05 bits per heavy atom. The molecule has 0 aromatic carbocycles. The van der Waals surface area contributed by atoms with E-state index in [-0.39, 0.29) is 29.4 Å². The van der Waals surface area contributed by atoms with Crippen molar-refractivity contribution in [3.8, 4) is 0 Å². The van der Waals surface area contributed by atoms with E-state index in [0.29, 0.717) is 12.6 Å². The maximum Gasteiger partial charge on any atom is 0.271 e. The topological polar surface area (TPSA) is 110 Å². The zero-order valence-electron chi connectivity index (χ0n) is 12.4. The maximum atomic E-state index is 12.2. The third-order valence-electron chi connectivity index (χ3n) is 4.06. The standard InChI is InChI=1S/C14H19N5O3/c1-8-5-19-6-9(2-10(19)7-22-8)18-14(21)12-4-16-11(3-17-12)13(15)20/h3-4,8-10H,2,5-7H2,1H3,(H2,15,20)(H,18,21)/t8-,9-,10-/m0/s1. The zero-order chi connectivity index (χ0) is 15.7. The number of carbonyl (C=O) groups excluding carboxylic acids is 2. The number of amides is 2. The predicted octanol–water partition coefficient (Wildman–Crippen LogP) is -0.833. The first-order valence-corrected chi connectivity index (χ1v) is 7.31. The lowest BCUT2D eigenvalue weighted by molar-refractivity contribution is -0.0390. The van der Waals surface area contributed by atoms with Crippen LogP contribution < -0.4 is 11.1 Å². The summed E-state index contributed by atoms with van der Waals surface area (Å²) >= 11 is 0. The number of morpholine rings is 1. The summed E-state index contributed by atoms with van der Waals surface area (Å²) in [7, 11) is 0. The summed E-state index contributed by atoms with van der Waals surface area (Å²) in [5.41, 5.74) is 5.31. The maximum absolute atomic E-state index is 12.2. The molecule has 1 aromatic heterocycles. The van der Waals surface area contributed by atoms with Crippen molar-refractivity contribution in [2.75, 3.05) is 19.7 Å². The van der Waals surface area contributed by atoms with Crippen molar-refractivity contribution >= 4 is 11.8 Å². The van der Waals surface area contributed by atoms with E-state index in [1.807, 2.05) is 0 Å². The number of rotatable bonds is 3. The molecule has 2 amide bonds. The van der Waals surface area contributed by atoms with Crippen LogP contribution in [-0.2, 0) is 4.74 Å². The molecular formula is C14H19N5O3. The van der Waals surface area contributed by atoms with Gasteiger partial charge in [-0.2, -0.15) is 0 Å². The Balaban J connectivity index is 1.59. The van der Waals surface area contributed by atoms with Gasteiger partial charge in [0.2, 0.25) is 0 Å². The van der Waals surface area contributed by atoms with Gasteiger partial charge in [-0.15, -0.1) is 0 Å². The highest BCUT2D eigenvalue weighted by atomic mass is 16.5. The fourth-order valence-electron chi connectivity index (χ4n) is 2.98. The van der Waals surface area contributed by atoms with Gasteiger partial charge in [-0.05, 0) is 13.3 Å². The highest BCUT2D eigenvalue weighted by Gasteiger charge is 2.36. The van der Waals surface area contributed by atoms with Crippen molar-refractivity contribution in [2.45, 2.75) is 31.5 Å². The number of hydrogen-bond acceptors (Lipinski definition) is 6. The summed E-state index contributed by atoms with van der Waals surface area (Å²) < 4.78 is 5.64. The van der Waals surface area contributed by atoms with Crippen molar-refractivity contribution in [2.24, 2.45) is 5.73 Å². The molecule has 22 heavy (non-hydrogen) atoms. The quantitative estimate of drug-likeness (QED) is 0.754. The minimum absolute atomic E-state index is 0.0423. The number of nitrogens with two attached hydrogens (primary N) is 1. The van der Waals surface area contributed by atoms with Gasteiger partial charge in [0.05, 0.1) is 25.1 Å². The molecule has 2 saturated heterocycles. The summed E-state index contributed by atoms with van der Waals surface area (Å²) in [6.45, 7) is 4.47. The van der Waals surface area contributed by atoms with Crippen LogP contribution in [-0.4, -0.2) is 64.6 Å². The summed E-state index contributed by atoms with van der Waals surface area (Å²) in [5.74, 6) is -0.955. The number of nitrogens with zero attached hydrogens (tertiary/aromatic N) is 3. The van der Waals surface area contributed by atoms with Crippen molar-refractivity contribution in [1.29, 1.82) is 0 Å². The Hall–Kier alpha value is -2.06. The van der Waals surface area contributed by atoms with Crippen molar-refractivity contribution in [3.05, 3.63) is 23.8 Å². The smallest absolute Gasteiger partial charge is 0.271 e. The highest BCUT2D eigenvalue weighted by Crippen LogP contribution is 2.23. The number of nitrogens with one attached hydrogen (secondary N) is 1. The van der Waals surface area contributed by atoms with Crippen LogP contribution in [0.4, 0.5) is 0 Å². The normalized spacial score (nSPS) is 28.1. The van der Waals surface area contributed by atoms with Crippen LogP contribution in [0.25, 0.3) is 0 Å². The van der Waals surface area contributed by atoms with E-state index in [1.165, 1.54) is 12.4 Å². The van der Waals surface area contributed by atoms with E-state index in [0.717, 1.165) is 19.5 Å². The molecule has 8 nitrogen and oxygen atoms in total. The summed E-state index contributed by atoms with van der Waals surface area (Å²) in [4.78, 5) is 33.2. The molecule has 0 radical (unpaired) electrons. The van der Waals surface area contributed by atoms with Gasteiger partial charge in [0.25, 0.3) is 11.8 Å². The summed E-state index contributed by atoms with van der Waals surface area (Å²) in [6, 6.07) is 0.439. The van der Waals surface area contributed by atoms with Crippen LogP contribution in [0.2, 0.25) is 0 Å². The van der Waals surface area contributed by atoms with Gasteiger partial charge in [0.1, 0.15) is 11.4 Å². The molecule has 3 N–H and O–H groups in total. The van der Waals surface area contributed by atoms with E-state index in [4.69, 9.17) is 10.5 Å². The number of ether oxygens (including phenoxy) is 1. The Morgan fingerprint density at radius 3 is 2.73 bits per heavy atom. The van der Waals surface area contributed by atoms with Gasteiger partial charge in [-0.25, -0.2) is 9.97 Å². The number of carbonyl (C=O) groups is 2. The molecule has 3 rings (SSSR count). The predicted molar refractivity (Wildman–Crippen MR) is 77.2 cm³/mol. The number of fused-ring (bicyclic) bond motifs is 1. The highest BCUT2D eigenvalue weighted by molar-refractivity contribution is 5.93. The van der Waals surface area contributed by atoms with E-state index in [2.05, 4.69) is 27.1 Å².